The van der Waals surface area contributed by atoms with Crippen LogP contribution in [-0.4, -0.2) is 9.97 Å². The van der Waals surface area contributed by atoms with Crippen molar-refractivity contribution >= 4 is 34.2 Å². The highest BCUT2D eigenvalue weighted by atomic mass is 35.5. The number of rotatable bonds is 1. The van der Waals surface area contributed by atoms with Gasteiger partial charge in [-0.3, -0.25) is 0 Å². The second-order valence-corrected chi connectivity index (χ2v) is 5.11. The summed E-state index contributed by atoms with van der Waals surface area (Å²) in [5.74, 6) is 0.118. The summed E-state index contributed by atoms with van der Waals surface area (Å²) >= 11 is 12.0. The summed E-state index contributed by atoms with van der Waals surface area (Å²) in [6.07, 6.45) is 0. The van der Waals surface area contributed by atoms with E-state index in [1.807, 2.05) is 20.8 Å². The number of imidazole rings is 1. The Bertz CT molecular complexity index is 781. The molecule has 110 valence electrons. The minimum Gasteiger partial charge on any atom is -0.338 e. The van der Waals surface area contributed by atoms with Crippen molar-refractivity contribution in [3.63, 3.8) is 0 Å². The Labute approximate surface area is 132 Å². The molecule has 0 atom stereocenters. The fourth-order valence-electron chi connectivity index (χ4n) is 1.97. The van der Waals surface area contributed by atoms with Gasteiger partial charge in [0.2, 0.25) is 0 Å². The highest BCUT2D eigenvalue weighted by Crippen LogP contribution is 2.32. The molecular formula is C16H15Cl2FN2. The Kier molecular flexibility index (Phi) is 4.86. The molecule has 0 bridgehead atoms. The fourth-order valence-corrected chi connectivity index (χ4v) is 2.33. The maximum atomic E-state index is 13.8. The molecule has 0 aliphatic carbocycles. The van der Waals surface area contributed by atoms with Gasteiger partial charge in [0.25, 0.3) is 0 Å². The van der Waals surface area contributed by atoms with E-state index in [4.69, 9.17) is 23.2 Å². The molecule has 0 radical (unpaired) electrons. The van der Waals surface area contributed by atoms with Gasteiger partial charge in [-0.2, -0.15) is 0 Å². The fraction of sp³-hybridized carbons (Fsp3) is 0.188. The molecule has 0 saturated carbocycles. The van der Waals surface area contributed by atoms with Crippen LogP contribution >= 0.6 is 23.2 Å². The number of benzene rings is 2. The summed E-state index contributed by atoms with van der Waals surface area (Å²) in [5.41, 5.74) is 2.65. The summed E-state index contributed by atoms with van der Waals surface area (Å²) in [6.45, 7) is 5.90. The van der Waals surface area contributed by atoms with Gasteiger partial charge in [0.05, 0.1) is 21.1 Å². The zero-order chi connectivity index (χ0) is 15.6. The van der Waals surface area contributed by atoms with E-state index in [0.29, 0.717) is 26.9 Å². The van der Waals surface area contributed by atoms with E-state index in [1.54, 1.807) is 24.3 Å². The van der Waals surface area contributed by atoms with E-state index < -0.39 is 0 Å². The number of halogens is 3. The van der Waals surface area contributed by atoms with Crippen LogP contribution < -0.4 is 0 Å². The first-order valence-electron chi connectivity index (χ1n) is 6.66. The number of H-pyrrole nitrogens is 1. The molecule has 0 aliphatic heterocycles. The van der Waals surface area contributed by atoms with Gasteiger partial charge in [-0.05, 0) is 31.2 Å². The minimum atomic E-state index is -0.327. The van der Waals surface area contributed by atoms with Crippen LogP contribution in [0, 0.1) is 12.7 Å². The molecule has 0 spiro atoms. The molecule has 1 aromatic heterocycles. The molecule has 2 nitrogen and oxygen atoms in total. The third kappa shape index (κ3) is 3.04. The lowest BCUT2D eigenvalue weighted by molar-refractivity contribution is 0.630. The highest BCUT2D eigenvalue weighted by Gasteiger charge is 2.13. The van der Waals surface area contributed by atoms with E-state index >= 15 is 0 Å². The van der Waals surface area contributed by atoms with Crippen LogP contribution in [0.1, 0.15) is 19.4 Å². The molecule has 0 saturated heterocycles. The summed E-state index contributed by atoms with van der Waals surface area (Å²) in [7, 11) is 0. The van der Waals surface area contributed by atoms with Crippen LogP contribution in [0.5, 0.6) is 0 Å². The van der Waals surface area contributed by atoms with Crippen molar-refractivity contribution in [1.29, 1.82) is 0 Å². The van der Waals surface area contributed by atoms with Gasteiger partial charge in [0, 0.05) is 0 Å². The third-order valence-electron chi connectivity index (χ3n) is 2.92. The highest BCUT2D eigenvalue weighted by molar-refractivity contribution is 6.44. The molecule has 3 aromatic rings. The summed E-state index contributed by atoms with van der Waals surface area (Å²) in [5, 5.41) is 0.798. The van der Waals surface area contributed by atoms with Crippen LogP contribution in [0.2, 0.25) is 10.0 Å². The molecule has 0 unspecified atom stereocenters. The van der Waals surface area contributed by atoms with Crippen molar-refractivity contribution in [3.8, 4) is 11.4 Å². The van der Waals surface area contributed by atoms with E-state index in [0.717, 1.165) is 11.1 Å². The number of aromatic nitrogens is 2. The molecule has 3 rings (SSSR count). The van der Waals surface area contributed by atoms with Gasteiger partial charge in [-0.15, -0.1) is 0 Å². The van der Waals surface area contributed by atoms with E-state index in [2.05, 4.69) is 9.97 Å². The van der Waals surface area contributed by atoms with Crippen LogP contribution in [0.3, 0.4) is 0 Å². The smallest absolute Gasteiger partial charge is 0.141 e. The predicted octanol–water partition coefficient (Wildman–Crippen LogP) is 6.01. The summed E-state index contributed by atoms with van der Waals surface area (Å²) in [4.78, 5) is 7.39. The van der Waals surface area contributed by atoms with E-state index in [9.17, 15) is 4.39 Å². The number of hydrogen-bond acceptors (Lipinski definition) is 1. The van der Waals surface area contributed by atoms with E-state index in [-0.39, 0.29) is 5.82 Å². The number of nitrogens with zero attached hydrogens (tertiary/aromatic N) is 1. The molecule has 0 amide bonds. The van der Waals surface area contributed by atoms with E-state index in [1.165, 1.54) is 6.07 Å². The monoisotopic (exact) mass is 324 g/mol. The Balaban J connectivity index is 0.000000774. The molecule has 21 heavy (non-hydrogen) atoms. The van der Waals surface area contributed by atoms with Crippen LogP contribution in [0.15, 0.2) is 30.3 Å². The largest absolute Gasteiger partial charge is 0.338 e. The first-order valence-corrected chi connectivity index (χ1v) is 7.42. The van der Waals surface area contributed by atoms with Gasteiger partial charge in [-0.1, -0.05) is 48.7 Å². The molecule has 0 aliphatic rings. The first-order chi connectivity index (χ1) is 10.1. The Morgan fingerprint density at radius 2 is 1.81 bits per heavy atom. The first kappa shape index (κ1) is 15.8. The summed E-state index contributed by atoms with van der Waals surface area (Å²) < 4.78 is 13.8. The zero-order valence-corrected chi connectivity index (χ0v) is 13.5. The van der Waals surface area contributed by atoms with Gasteiger partial charge in [0.1, 0.15) is 17.2 Å². The van der Waals surface area contributed by atoms with Gasteiger partial charge in [-0.25, -0.2) is 9.37 Å². The van der Waals surface area contributed by atoms with Crippen molar-refractivity contribution < 1.29 is 4.39 Å². The van der Waals surface area contributed by atoms with Crippen LogP contribution in [0.4, 0.5) is 4.39 Å². The zero-order valence-electron chi connectivity index (χ0n) is 12.0. The molecule has 5 heteroatoms. The average molecular weight is 325 g/mol. The topological polar surface area (TPSA) is 28.7 Å². The Morgan fingerprint density at radius 1 is 1.10 bits per heavy atom. The number of nitrogens with one attached hydrogen (secondary N) is 1. The SMILES string of the molecule is CC.Cc1ccc(F)c(-c2nc3c(Cl)c(Cl)ccc3[nH]2)c1. The van der Waals surface area contributed by atoms with Gasteiger partial charge in [0.15, 0.2) is 0 Å². The average Bonchev–Trinajstić information content (AvgIpc) is 2.92. The summed E-state index contributed by atoms with van der Waals surface area (Å²) in [6, 6.07) is 8.33. The molecule has 1 N–H and O–H groups in total. The maximum absolute atomic E-state index is 13.8. The predicted molar refractivity (Wildman–Crippen MR) is 87.6 cm³/mol. The number of aryl methyl sites for hydroxylation is 1. The molecular weight excluding hydrogens is 310 g/mol. The Hall–Kier alpha value is -1.58. The normalized spacial score (nSPS) is 10.4. The second kappa shape index (κ2) is 6.46. The second-order valence-electron chi connectivity index (χ2n) is 4.33. The lowest BCUT2D eigenvalue weighted by atomic mass is 10.1. The number of hydrogen-bond donors (Lipinski definition) is 1. The lowest BCUT2D eigenvalue weighted by Crippen LogP contribution is -1.87. The molecule has 1 heterocycles. The van der Waals surface area contributed by atoms with Crippen LogP contribution in [0.25, 0.3) is 22.4 Å². The maximum Gasteiger partial charge on any atom is 0.141 e. The third-order valence-corrected chi connectivity index (χ3v) is 3.72. The van der Waals surface area contributed by atoms with Crippen molar-refractivity contribution in [2.75, 3.05) is 0 Å². The quantitative estimate of drug-likeness (QED) is 0.583. The number of aromatic amines is 1. The van der Waals surface area contributed by atoms with Crippen molar-refractivity contribution in [1.82, 2.24) is 9.97 Å². The number of fused-ring (bicyclic) bond motifs is 1. The van der Waals surface area contributed by atoms with Crippen LogP contribution in [-0.2, 0) is 0 Å². The van der Waals surface area contributed by atoms with Gasteiger partial charge < -0.3 is 4.98 Å². The molecule has 0 fully saturated rings. The Morgan fingerprint density at radius 3 is 2.52 bits per heavy atom. The molecule has 2 aromatic carbocycles. The minimum absolute atomic E-state index is 0.327. The van der Waals surface area contributed by atoms with Gasteiger partial charge >= 0.3 is 0 Å². The van der Waals surface area contributed by atoms with Crippen molar-refractivity contribution in [2.45, 2.75) is 20.8 Å². The van der Waals surface area contributed by atoms with Crippen molar-refractivity contribution in [3.05, 3.63) is 51.8 Å². The van der Waals surface area contributed by atoms with Crippen molar-refractivity contribution in [2.24, 2.45) is 0 Å². The lowest BCUT2D eigenvalue weighted by Gasteiger charge is -2.00. The standard InChI is InChI=1S/C14H9Cl2FN2.C2H6/c1-7-2-4-10(17)8(6-7)14-18-11-5-3-9(15)12(16)13(11)19-14;1-2/h2-6H,1H3,(H,18,19);1-2H3.